The molecule has 0 spiro atoms. The number of nitrogens with zero attached hydrogens (tertiary/aromatic N) is 4. The van der Waals surface area contributed by atoms with Crippen molar-refractivity contribution >= 4 is 29.3 Å². The highest BCUT2D eigenvalue weighted by atomic mass is 19.2. The van der Waals surface area contributed by atoms with Gasteiger partial charge in [0.2, 0.25) is 17.8 Å². The molecule has 2 amide bonds. The number of halogens is 2. The van der Waals surface area contributed by atoms with Gasteiger partial charge in [0.05, 0.1) is 18.3 Å². The molecule has 0 fully saturated rings. The average molecular weight is 528 g/mol. The molecule has 2 rings (SSSR count). The molecule has 1 aromatic carbocycles. The Labute approximate surface area is 222 Å². The summed E-state index contributed by atoms with van der Waals surface area (Å²) in [5.41, 5.74) is 0.920. The molecule has 2 aromatic rings. The summed E-state index contributed by atoms with van der Waals surface area (Å²) in [6.07, 6.45) is 6.80. The first-order valence-corrected chi connectivity index (χ1v) is 12.3. The van der Waals surface area contributed by atoms with Crippen LogP contribution in [0.1, 0.15) is 31.7 Å². The quantitative estimate of drug-likeness (QED) is 0.209. The Hall–Kier alpha value is -4.04. The van der Waals surface area contributed by atoms with Crippen molar-refractivity contribution in [1.82, 2.24) is 25.1 Å². The number of likely N-dealkylation sites (N-methyl/N-ethyl adjacent to an activating group) is 2. The monoisotopic (exact) mass is 527 g/mol. The van der Waals surface area contributed by atoms with Crippen LogP contribution >= 0.6 is 0 Å². The summed E-state index contributed by atoms with van der Waals surface area (Å²) in [4.78, 5) is 36.0. The van der Waals surface area contributed by atoms with Gasteiger partial charge in [-0.25, -0.2) is 13.8 Å². The molecule has 1 aromatic heterocycles. The number of benzene rings is 1. The average Bonchev–Trinajstić information content (AvgIpc) is 2.87. The Bertz CT molecular complexity index is 1180. The van der Waals surface area contributed by atoms with E-state index in [0.717, 1.165) is 18.6 Å². The van der Waals surface area contributed by atoms with Crippen LogP contribution in [0.3, 0.4) is 0 Å². The first-order valence-electron chi connectivity index (χ1n) is 12.3. The maximum absolute atomic E-state index is 13.5. The molecule has 0 aliphatic rings. The van der Waals surface area contributed by atoms with Crippen molar-refractivity contribution in [3.8, 4) is 11.8 Å². The number of unbranched alkanes of at least 4 members (excludes halogenated alkanes) is 1. The van der Waals surface area contributed by atoms with E-state index in [2.05, 4.69) is 37.8 Å². The number of hydrogen-bond acceptors (Lipinski definition) is 7. The lowest BCUT2D eigenvalue weighted by Crippen LogP contribution is -2.38. The summed E-state index contributed by atoms with van der Waals surface area (Å²) in [5, 5.41) is 8.85. The van der Waals surface area contributed by atoms with Crippen LogP contribution in [0.4, 0.5) is 26.2 Å². The molecule has 0 atom stereocenters. The molecule has 0 bridgehead atoms. The van der Waals surface area contributed by atoms with Gasteiger partial charge in [0.1, 0.15) is 5.82 Å². The normalized spacial score (nSPS) is 10.7. The predicted molar refractivity (Wildman–Crippen MR) is 145 cm³/mol. The summed E-state index contributed by atoms with van der Waals surface area (Å²) in [6.45, 7) is 3.74. The molecular weight excluding hydrogens is 492 g/mol. The van der Waals surface area contributed by atoms with Gasteiger partial charge in [0.15, 0.2) is 11.6 Å². The second-order valence-electron chi connectivity index (χ2n) is 8.75. The third-order valence-electron chi connectivity index (χ3n) is 5.02. The van der Waals surface area contributed by atoms with Crippen molar-refractivity contribution in [3.63, 3.8) is 0 Å². The van der Waals surface area contributed by atoms with Gasteiger partial charge < -0.3 is 25.8 Å². The van der Waals surface area contributed by atoms with Gasteiger partial charge in [0, 0.05) is 50.9 Å². The largest absolute Gasteiger partial charge is 0.369 e. The number of rotatable bonds is 13. The molecule has 9 nitrogen and oxygen atoms in total. The van der Waals surface area contributed by atoms with Gasteiger partial charge in [-0.1, -0.05) is 24.8 Å². The smallest absolute Gasteiger partial charge is 0.246 e. The van der Waals surface area contributed by atoms with E-state index in [1.807, 2.05) is 25.9 Å². The zero-order valence-electron chi connectivity index (χ0n) is 22.3. The summed E-state index contributed by atoms with van der Waals surface area (Å²) in [6, 6.07) is 3.45. The lowest BCUT2D eigenvalue weighted by Gasteiger charge is -2.14. The van der Waals surface area contributed by atoms with Crippen LogP contribution in [-0.4, -0.2) is 78.9 Å². The van der Waals surface area contributed by atoms with Crippen molar-refractivity contribution in [2.24, 2.45) is 0 Å². The molecule has 11 heteroatoms. The van der Waals surface area contributed by atoms with Crippen LogP contribution in [0.5, 0.6) is 0 Å². The highest BCUT2D eigenvalue weighted by Crippen LogP contribution is 2.19. The Kier molecular flexibility index (Phi) is 12.7. The lowest BCUT2D eigenvalue weighted by molar-refractivity contribution is -0.131. The number of carbonyl (C=O) groups excluding carboxylic acids is 2. The Balaban J connectivity index is 1.85. The number of anilines is 3. The van der Waals surface area contributed by atoms with E-state index in [1.165, 1.54) is 17.0 Å². The highest BCUT2D eigenvalue weighted by molar-refractivity contribution is 5.91. The van der Waals surface area contributed by atoms with Crippen molar-refractivity contribution in [2.45, 2.75) is 26.2 Å². The van der Waals surface area contributed by atoms with E-state index in [0.29, 0.717) is 49.5 Å². The minimum absolute atomic E-state index is 0.0223. The van der Waals surface area contributed by atoms with Crippen molar-refractivity contribution < 1.29 is 18.4 Å². The lowest BCUT2D eigenvalue weighted by atomic mass is 10.2. The molecule has 0 saturated heterocycles. The molecule has 38 heavy (non-hydrogen) atoms. The molecule has 204 valence electrons. The van der Waals surface area contributed by atoms with E-state index in [4.69, 9.17) is 0 Å². The maximum atomic E-state index is 13.5. The third kappa shape index (κ3) is 10.9. The fourth-order valence-corrected chi connectivity index (χ4v) is 3.02. The van der Waals surface area contributed by atoms with E-state index in [-0.39, 0.29) is 24.3 Å². The van der Waals surface area contributed by atoms with Gasteiger partial charge in [-0.3, -0.25) is 9.59 Å². The number of amides is 2. The number of carbonyl (C=O) groups is 2. The Morgan fingerprint density at radius 1 is 1.13 bits per heavy atom. The zero-order chi connectivity index (χ0) is 27.9. The standard InChI is InChI=1S/C27H35F2N7O2/c1-5-14-31-26-20(18-32-27(34-26)33-21-12-13-22(28)23(29)17-21)10-7-6-8-15-30-24(37)19-36(4)25(38)11-9-16-35(2)3/h9,11-13,17-18H,5-6,8,14-16,19H2,1-4H3,(H,30,37)(H2,31,32,33,34)/b11-9+. The fourth-order valence-electron chi connectivity index (χ4n) is 3.02. The summed E-state index contributed by atoms with van der Waals surface area (Å²) in [5.74, 6) is 4.48. The van der Waals surface area contributed by atoms with E-state index < -0.39 is 11.6 Å². The second kappa shape index (κ2) is 15.9. The van der Waals surface area contributed by atoms with Gasteiger partial charge in [-0.05, 0) is 39.1 Å². The maximum Gasteiger partial charge on any atom is 0.246 e. The van der Waals surface area contributed by atoms with Crippen LogP contribution in [0, 0.1) is 23.5 Å². The van der Waals surface area contributed by atoms with Gasteiger partial charge in [0.25, 0.3) is 0 Å². The van der Waals surface area contributed by atoms with Crippen LogP contribution < -0.4 is 16.0 Å². The van der Waals surface area contributed by atoms with Crippen LogP contribution in [0.2, 0.25) is 0 Å². The molecule has 0 aliphatic heterocycles. The van der Waals surface area contributed by atoms with Crippen molar-refractivity contribution in [2.75, 3.05) is 58.0 Å². The van der Waals surface area contributed by atoms with E-state index in [1.54, 1.807) is 19.3 Å². The third-order valence-corrected chi connectivity index (χ3v) is 5.02. The van der Waals surface area contributed by atoms with E-state index in [9.17, 15) is 18.4 Å². The van der Waals surface area contributed by atoms with Crippen molar-refractivity contribution in [3.05, 3.63) is 53.7 Å². The molecule has 0 saturated carbocycles. The number of nitrogens with one attached hydrogen (secondary N) is 3. The summed E-state index contributed by atoms with van der Waals surface area (Å²) in [7, 11) is 5.39. The fraction of sp³-hybridized carbons (Fsp3) is 0.407. The molecule has 0 unspecified atom stereocenters. The number of hydrogen-bond donors (Lipinski definition) is 3. The molecule has 1 heterocycles. The summed E-state index contributed by atoms with van der Waals surface area (Å²) >= 11 is 0. The Morgan fingerprint density at radius 2 is 1.92 bits per heavy atom. The van der Waals surface area contributed by atoms with Crippen LogP contribution in [0.15, 0.2) is 36.5 Å². The van der Waals surface area contributed by atoms with Gasteiger partial charge in [-0.15, -0.1) is 0 Å². The highest BCUT2D eigenvalue weighted by Gasteiger charge is 2.10. The first kappa shape index (κ1) is 30.2. The Morgan fingerprint density at radius 3 is 2.63 bits per heavy atom. The first-order chi connectivity index (χ1) is 18.2. The van der Waals surface area contributed by atoms with Crippen LogP contribution in [-0.2, 0) is 9.59 Å². The molecule has 0 radical (unpaired) electrons. The minimum atomic E-state index is -0.966. The van der Waals surface area contributed by atoms with Crippen LogP contribution in [0.25, 0.3) is 0 Å². The minimum Gasteiger partial charge on any atom is -0.369 e. The van der Waals surface area contributed by atoms with Gasteiger partial charge >= 0.3 is 0 Å². The molecule has 0 aliphatic carbocycles. The summed E-state index contributed by atoms with van der Waals surface area (Å²) < 4.78 is 26.7. The topological polar surface area (TPSA) is 102 Å². The number of aromatic nitrogens is 2. The SMILES string of the molecule is CCCNc1nc(Nc2ccc(F)c(F)c2)ncc1C#CCCCNC(=O)CN(C)C(=O)/C=C/CN(C)C. The predicted octanol–water partition coefficient (Wildman–Crippen LogP) is 3.14. The zero-order valence-corrected chi connectivity index (χ0v) is 22.3. The van der Waals surface area contributed by atoms with E-state index >= 15 is 0 Å². The van der Waals surface area contributed by atoms with Gasteiger partial charge in [-0.2, -0.15) is 4.98 Å². The molecular formula is C27H35F2N7O2. The second-order valence-corrected chi connectivity index (χ2v) is 8.75. The molecule has 3 N–H and O–H groups in total. The van der Waals surface area contributed by atoms with Crippen molar-refractivity contribution in [1.29, 1.82) is 0 Å².